The van der Waals surface area contributed by atoms with Gasteiger partial charge in [0.15, 0.2) is 0 Å². The Morgan fingerprint density at radius 3 is 1.80 bits per heavy atom. The first-order valence-electron chi connectivity index (χ1n) is 4.98. The molecule has 0 saturated carbocycles. The third-order valence-electron chi connectivity index (χ3n) is 2.79. The quantitative estimate of drug-likeness (QED) is 0.650. The minimum absolute atomic E-state index is 1.06. The molecule has 0 aromatic heterocycles. The van der Waals surface area contributed by atoms with E-state index < -0.39 is 19.1 Å². The molecule has 0 nitrogen and oxygen atoms in total. The Hall–Kier alpha value is -0.452. The molecule has 2 heteroatoms. The molecule has 0 atom stereocenters. The standard InChI is InChI=1S/C13H10.ClH.Sb/c1-3-7-12(8-4-1)11-13-9-5-2-6-10-13;;/h1-7,9H,11H2;1H;/q;;+1/p-1. The van der Waals surface area contributed by atoms with Crippen molar-refractivity contribution in [3.05, 3.63) is 59.7 Å². The van der Waals surface area contributed by atoms with Gasteiger partial charge in [-0.05, 0) is 0 Å². The van der Waals surface area contributed by atoms with Gasteiger partial charge in [-0.2, -0.15) is 0 Å². The van der Waals surface area contributed by atoms with Crippen LogP contribution in [0.5, 0.6) is 0 Å². The van der Waals surface area contributed by atoms with Gasteiger partial charge in [-0.3, -0.25) is 0 Å². The van der Waals surface area contributed by atoms with Crippen molar-refractivity contribution in [2.75, 3.05) is 0 Å². The minimum atomic E-state index is -1.88. The summed E-state index contributed by atoms with van der Waals surface area (Å²) >= 11 is -1.88. The predicted octanol–water partition coefficient (Wildman–Crippen LogP) is 1.94. The topological polar surface area (TPSA) is 0 Å². The van der Waals surface area contributed by atoms with E-state index in [-0.39, 0.29) is 0 Å². The summed E-state index contributed by atoms with van der Waals surface area (Å²) in [5.74, 6) is 0. The Balaban J connectivity index is 2.20. The molecule has 0 radical (unpaired) electrons. The van der Waals surface area contributed by atoms with Crippen molar-refractivity contribution in [2.45, 2.75) is 6.42 Å². The van der Waals surface area contributed by atoms with E-state index in [1.807, 2.05) is 0 Å². The van der Waals surface area contributed by atoms with Crippen LogP contribution in [0.2, 0.25) is 0 Å². The molecular formula is C13H10ClSb. The maximum absolute atomic E-state index is 6.66. The molecule has 2 aromatic carbocycles. The van der Waals surface area contributed by atoms with Gasteiger partial charge in [0.25, 0.3) is 0 Å². The third-order valence-corrected chi connectivity index (χ3v) is 10.1. The van der Waals surface area contributed by atoms with Crippen LogP contribution in [-0.4, -0.2) is 19.1 Å². The van der Waals surface area contributed by atoms with Crippen molar-refractivity contribution < 1.29 is 0 Å². The number of rotatable bonds is 0. The fraction of sp³-hybridized carbons (Fsp3) is 0.0769. The number of halogens is 1. The van der Waals surface area contributed by atoms with Gasteiger partial charge in [0.2, 0.25) is 0 Å². The molecule has 0 spiro atoms. The van der Waals surface area contributed by atoms with Crippen molar-refractivity contribution in [2.24, 2.45) is 0 Å². The molecule has 3 rings (SSSR count). The van der Waals surface area contributed by atoms with Gasteiger partial charge < -0.3 is 0 Å². The van der Waals surface area contributed by atoms with E-state index in [1.165, 1.54) is 18.1 Å². The van der Waals surface area contributed by atoms with Gasteiger partial charge in [0.1, 0.15) is 0 Å². The Bertz CT molecular complexity index is 462. The van der Waals surface area contributed by atoms with Crippen molar-refractivity contribution in [3.8, 4) is 0 Å². The molecule has 2 aromatic rings. The van der Waals surface area contributed by atoms with E-state index in [9.17, 15) is 0 Å². The summed E-state index contributed by atoms with van der Waals surface area (Å²) in [6.07, 6.45) is 1.06. The van der Waals surface area contributed by atoms with Gasteiger partial charge in [-0.25, -0.2) is 0 Å². The van der Waals surface area contributed by atoms with Crippen LogP contribution in [0.25, 0.3) is 0 Å². The zero-order valence-corrected chi connectivity index (χ0v) is 11.5. The number of benzene rings is 2. The summed E-state index contributed by atoms with van der Waals surface area (Å²) in [7, 11) is 6.66. The molecule has 0 unspecified atom stereocenters. The van der Waals surface area contributed by atoms with Crippen LogP contribution < -0.4 is 7.02 Å². The summed E-state index contributed by atoms with van der Waals surface area (Å²) in [6.45, 7) is 0. The first-order chi connectivity index (χ1) is 7.36. The molecule has 74 valence electrons. The second-order valence-electron chi connectivity index (χ2n) is 3.72. The van der Waals surface area contributed by atoms with E-state index in [1.54, 1.807) is 0 Å². The van der Waals surface area contributed by atoms with Gasteiger partial charge in [0, 0.05) is 0 Å². The monoisotopic (exact) mass is 322 g/mol. The summed E-state index contributed by atoms with van der Waals surface area (Å²) in [4.78, 5) is 0. The molecule has 0 amide bonds. The van der Waals surface area contributed by atoms with E-state index in [0.717, 1.165) is 6.42 Å². The first-order valence-corrected chi connectivity index (χ1v) is 10.8. The molecule has 0 fully saturated rings. The summed E-state index contributed by atoms with van der Waals surface area (Å²) in [5, 5.41) is 0. The number of fused-ring (bicyclic) bond motifs is 2. The Morgan fingerprint density at radius 1 is 0.800 bits per heavy atom. The second-order valence-corrected chi connectivity index (χ2v) is 10.3. The zero-order chi connectivity index (χ0) is 10.3. The second kappa shape index (κ2) is 3.85. The van der Waals surface area contributed by atoms with Crippen LogP contribution in [0.15, 0.2) is 48.5 Å². The van der Waals surface area contributed by atoms with E-state index in [2.05, 4.69) is 48.5 Å². The van der Waals surface area contributed by atoms with E-state index in [0.29, 0.717) is 0 Å². The summed E-state index contributed by atoms with van der Waals surface area (Å²) in [6, 6.07) is 17.3. The van der Waals surface area contributed by atoms with Crippen LogP contribution in [0, 0.1) is 0 Å². The van der Waals surface area contributed by atoms with Gasteiger partial charge in [0.05, 0.1) is 0 Å². The van der Waals surface area contributed by atoms with Crippen molar-refractivity contribution in [1.29, 1.82) is 0 Å². The summed E-state index contributed by atoms with van der Waals surface area (Å²) in [5.41, 5.74) is 2.88. The van der Waals surface area contributed by atoms with Crippen LogP contribution in [0.3, 0.4) is 0 Å². The predicted molar refractivity (Wildman–Crippen MR) is 66.6 cm³/mol. The van der Waals surface area contributed by atoms with Crippen molar-refractivity contribution >= 4 is 34.9 Å². The molecule has 0 bridgehead atoms. The zero-order valence-electron chi connectivity index (χ0n) is 8.15. The van der Waals surface area contributed by atoms with Crippen LogP contribution in [0.1, 0.15) is 11.1 Å². The molecule has 1 aliphatic heterocycles. The van der Waals surface area contributed by atoms with Crippen molar-refractivity contribution in [1.82, 2.24) is 0 Å². The molecular weight excluding hydrogens is 313 g/mol. The molecule has 1 heterocycles. The number of hydrogen-bond acceptors (Lipinski definition) is 0. The molecule has 15 heavy (non-hydrogen) atoms. The average Bonchev–Trinajstić information content (AvgIpc) is 2.30. The Kier molecular flexibility index (Phi) is 2.50. The third kappa shape index (κ3) is 1.61. The average molecular weight is 323 g/mol. The fourth-order valence-corrected chi connectivity index (χ4v) is 8.55. The first kappa shape index (κ1) is 9.75. The molecule has 0 aliphatic carbocycles. The number of hydrogen-bond donors (Lipinski definition) is 0. The van der Waals surface area contributed by atoms with E-state index in [4.69, 9.17) is 8.83 Å². The van der Waals surface area contributed by atoms with Gasteiger partial charge in [-0.15, -0.1) is 0 Å². The Morgan fingerprint density at radius 2 is 1.27 bits per heavy atom. The summed E-state index contributed by atoms with van der Waals surface area (Å²) < 4.78 is 2.89. The molecule has 0 saturated heterocycles. The molecule has 0 N–H and O–H groups in total. The van der Waals surface area contributed by atoms with Gasteiger partial charge >= 0.3 is 101 Å². The SMILES string of the molecule is [Cl][Sb]1[c]2ccccc2Cc2cccc[c]21. The van der Waals surface area contributed by atoms with Gasteiger partial charge in [-0.1, -0.05) is 0 Å². The maximum atomic E-state index is 6.66. The fourth-order valence-electron chi connectivity index (χ4n) is 2.04. The van der Waals surface area contributed by atoms with Crippen LogP contribution >= 0.6 is 8.83 Å². The Labute approximate surface area is 101 Å². The normalized spacial score (nSPS) is 14.5. The van der Waals surface area contributed by atoms with E-state index >= 15 is 0 Å². The van der Waals surface area contributed by atoms with Crippen LogP contribution in [-0.2, 0) is 6.42 Å². The molecule has 1 aliphatic rings. The van der Waals surface area contributed by atoms with Crippen molar-refractivity contribution in [3.63, 3.8) is 0 Å². The van der Waals surface area contributed by atoms with Crippen LogP contribution in [0.4, 0.5) is 0 Å².